The lowest BCUT2D eigenvalue weighted by Crippen LogP contribution is -2.03. The molecule has 0 heterocycles. The van der Waals surface area contributed by atoms with Gasteiger partial charge in [-0.25, -0.2) is 4.79 Å². The molecule has 2 heteroatoms. The summed E-state index contributed by atoms with van der Waals surface area (Å²) in [4.78, 5) is 10.5. The topological polar surface area (TPSA) is 26.3 Å². The molecule has 0 aromatic rings. The summed E-state index contributed by atoms with van der Waals surface area (Å²) in [7, 11) is 0. The van der Waals surface area contributed by atoms with Crippen molar-refractivity contribution in [1.82, 2.24) is 0 Å². The molecule has 0 spiro atoms. The van der Waals surface area contributed by atoms with Crippen LogP contribution in [0.5, 0.6) is 0 Å². The molecule has 0 saturated carbocycles. The molecule has 0 aliphatic carbocycles. The fourth-order valence-electron chi connectivity index (χ4n) is 0.216. The van der Waals surface area contributed by atoms with E-state index in [0.29, 0.717) is 5.57 Å². The summed E-state index contributed by atoms with van der Waals surface area (Å²) in [5.41, 5.74) is 0.378. The van der Waals surface area contributed by atoms with Crippen molar-refractivity contribution in [2.24, 2.45) is 0 Å². The number of esters is 1. The third-order valence-corrected chi connectivity index (χ3v) is 0.582. The average Bonchev–Trinajstić information content (AvgIpc) is 1.82. The molecule has 8 heavy (non-hydrogen) atoms. The molecule has 0 aliphatic heterocycles. The standard InChI is InChI=1S/C6H10O2/c1-4-8-6(7)5(2)3/h2,4H2,1,3H3/i1D. The molecule has 0 saturated heterocycles. The first-order valence-electron chi connectivity index (χ1n) is 3.01. The van der Waals surface area contributed by atoms with Gasteiger partial charge in [0.15, 0.2) is 0 Å². The maximum absolute atomic E-state index is 10.5. The Kier molecular flexibility index (Phi) is 2.17. The minimum absolute atomic E-state index is 0.110. The van der Waals surface area contributed by atoms with E-state index in [-0.39, 0.29) is 13.5 Å². The van der Waals surface area contributed by atoms with Gasteiger partial charge in [-0.1, -0.05) is 6.58 Å². The van der Waals surface area contributed by atoms with Crippen molar-refractivity contribution < 1.29 is 10.9 Å². The lowest BCUT2D eigenvalue weighted by atomic mass is 10.4. The van der Waals surface area contributed by atoms with Gasteiger partial charge >= 0.3 is 5.97 Å². The van der Waals surface area contributed by atoms with E-state index >= 15 is 0 Å². The van der Waals surface area contributed by atoms with Crippen molar-refractivity contribution in [2.75, 3.05) is 6.61 Å². The highest BCUT2D eigenvalue weighted by molar-refractivity contribution is 5.86. The van der Waals surface area contributed by atoms with E-state index in [1.54, 1.807) is 6.92 Å². The van der Waals surface area contributed by atoms with Crippen molar-refractivity contribution in [2.45, 2.75) is 13.8 Å². The summed E-state index contributed by atoms with van der Waals surface area (Å²) in [5, 5.41) is 0. The number of carbonyl (C=O) groups excluding carboxylic acids is 1. The zero-order chi connectivity index (χ0) is 7.28. The molecular weight excluding hydrogens is 104 g/mol. The first kappa shape index (κ1) is 5.35. The van der Waals surface area contributed by atoms with Gasteiger partial charge in [0, 0.05) is 6.94 Å². The third kappa shape index (κ3) is 2.39. The van der Waals surface area contributed by atoms with Crippen LogP contribution < -0.4 is 0 Å². The normalized spacial score (nSPS) is 9.88. The van der Waals surface area contributed by atoms with Crippen molar-refractivity contribution >= 4 is 5.97 Å². The van der Waals surface area contributed by atoms with Crippen LogP contribution in [0.2, 0.25) is 0 Å². The second kappa shape index (κ2) is 3.24. The molecule has 0 N–H and O–H groups in total. The molecule has 0 rings (SSSR count). The minimum Gasteiger partial charge on any atom is -0.463 e. The summed E-state index contributed by atoms with van der Waals surface area (Å²) >= 11 is 0. The van der Waals surface area contributed by atoms with Crippen LogP contribution in [0.3, 0.4) is 0 Å². The Bertz CT molecular complexity index is 120. The maximum atomic E-state index is 10.5. The first-order chi connectivity index (χ1) is 4.18. The number of carbonyl (C=O) groups is 1. The zero-order valence-electron chi connectivity index (χ0n) is 5.94. The molecule has 0 aliphatic rings. The molecule has 0 bridgehead atoms. The zero-order valence-corrected chi connectivity index (χ0v) is 4.94. The van der Waals surface area contributed by atoms with E-state index in [2.05, 4.69) is 11.3 Å². The van der Waals surface area contributed by atoms with Gasteiger partial charge in [0.25, 0.3) is 0 Å². The second-order valence-electron chi connectivity index (χ2n) is 1.42. The van der Waals surface area contributed by atoms with Gasteiger partial charge < -0.3 is 4.74 Å². The molecule has 46 valence electrons. The van der Waals surface area contributed by atoms with E-state index in [4.69, 9.17) is 1.37 Å². The molecule has 0 amide bonds. The van der Waals surface area contributed by atoms with Crippen LogP contribution >= 0.6 is 0 Å². The van der Waals surface area contributed by atoms with Gasteiger partial charge in [-0.05, 0) is 13.8 Å². The smallest absolute Gasteiger partial charge is 0.333 e. The average molecular weight is 115 g/mol. The Balaban J connectivity index is 3.39. The van der Waals surface area contributed by atoms with Crippen molar-refractivity contribution in [3.63, 3.8) is 0 Å². The Morgan fingerprint density at radius 3 is 3.00 bits per heavy atom. The Morgan fingerprint density at radius 1 is 2.00 bits per heavy atom. The van der Waals surface area contributed by atoms with E-state index in [1.807, 2.05) is 0 Å². The summed E-state index contributed by atoms with van der Waals surface area (Å²) in [6, 6.07) is 0. The van der Waals surface area contributed by atoms with E-state index < -0.39 is 5.97 Å². The van der Waals surface area contributed by atoms with Crippen LogP contribution in [-0.2, 0) is 9.53 Å². The van der Waals surface area contributed by atoms with E-state index in [9.17, 15) is 4.79 Å². The fourth-order valence-corrected chi connectivity index (χ4v) is 0.216. The Hall–Kier alpha value is -0.790. The quantitative estimate of drug-likeness (QED) is 0.398. The minimum atomic E-state index is -0.415. The molecule has 0 radical (unpaired) electrons. The number of hydrogen-bond donors (Lipinski definition) is 0. The van der Waals surface area contributed by atoms with Gasteiger partial charge in [-0.3, -0.25) is 0 Å². The van der Waals surface area contributed by atoms with Crippen molar-refractivity contribution in [3.05, 3.63) is 12.2 Å². The highest BCUT2D eigenvalue weighted by Gasteiger charge is 1.98. The van der Waals surface area contributed by atoms with Crippen LogP contribution in [0.15, 0.2) is 12.2 Å². The highest BCUT2D eigenvalue weighted by atomic mass is 16.5. The van der Waals surface area contributed by atoms with Gasteiger partial charge in [-0.2, -0.15) is 0 Å². The third-order valence-electron chi connectivity index (χ3n) is 0.582. The monoisotopic (exact) mass is 115 g/mol. The molecule has 0 fully saturated rings. The molecule has 0 unspecified atom stereocenters. The maximum Gasteiger partial charge on any atom is 0.333 e. The van der Waals surface area contributed by atoms with Crippen LogP contribution in [0.1, 0.15) is 15.2 Å². The Labute approximate surface area is 50.6 Å². The Morgan fingerprint density at radius 2 is 2.62 bits per heavy atom. The SMILES string of the molecule is [2H]CCOC(=O)C(=C)C. The number of rotatable bonds is 2. The van der Waals surface area contributed by atoms with Crippen LogP contribution in [-0.4, -0.2) is 12.6 Å². The summed E-state index contributed by atoms with van der Waals surface area (Å²) in [5.74, 6) is -0.415. The highest BCUT2D eigenvalue weighted by Crippen LogP contribution is 1.89. The lowest BCUT2D eigenvalue weighted by Gasteiger charge is -1.96. The molecule has 0 aromatic heterocycles. The largest absolute Gasteiger partial charge is 0.463 e. The number of ether oxygens (including phenoxy) is 1. The van der Waals surface area contributed by atoms with Crippen molar-refractivity contribution in [3.8, 4) is 0 Å². The summed E-state index contributed by atoms with van der Waals surface area (Å²) < 4.78 is 11.2. The molecule has 0 atom stereocenters. The van der Waals surface area contributed by atoms with E-state index in [0.717, 1.165) is 0 Å². The van der Waals surface area contributed by atoms with E-state index in [1.165, 1.54) is 0 Å². The first-order valence-corrected chi connectivity index (χ1v) is 2.30. The second-order valence-corrected chi connectivity index (χ2v) is 1.42. The molecule has 2 nitrogen and oxygen atoms in total. The van der Waals surface area contributed by atoms with Crippen LogP contribution in [0.25, 0.3) is 0 Å². The molecule has 0 aromatic carbocycles. The predicted molar refractivity (Wildman–Crippen MR) is 31.4 cm³/mol. The summed E-state index contributed by atoms with van der Waals surface area (Å²) in [6.45, 7) is 5.22. The van der Waals surface area contributed by atoms with Gasteiger partial charge in [0.1, 0.15) is 0 Å². The van der Waals surface area contributed by atoms with Crippen molar-refractivity contribution in [1.29, 1.82) is 0 Å². The summed E-state index contributed by atoms with van der Waals surface area (Å²) in [6.07, 6.45) is 0. The van der Waals surface area contributed by atoms with Gasteiger partial charge in [-0.15, -0.1) is 0 Å². The fraction of sp³-hybridized carbons (Fsp3) is 0.500. The molecular formula is C6H10O2. The van der Waals surface area contributed by atoms with Crippen LogP contribution in [0.4, 0.5) is 0 Å². The van der Waals surface area contributed by atoms with Gasteiger partial charge in [0.2, 0.25) is 0 Å². The van der Waals surface area contributed by atoms with Crippen LogP contribution in [0, 0.1) is 0 Å². The van der Waals surface area contributed by atoms with Gasteiger partial charge in [0.05, 0.1) is 6.61 Å². The number of hydrogen-bond acceptors (Lipinski definition) is 2. The predicted octanol–water partition coefficient (Wildman–Crippen LogP) is 1.13. The lowest BCUT2D eigenvalue weighted by molar-refractivity contribution is -0.138.